The molecule has 0 unspecified atom stereocenters. The van der Waals surface area contributed by atoms with Crippen LogP contribution in [0.25, 0.3) is 6.08 Å². The summed E-state index contributed by atoms with van der Waals surface area (Å²) in [5, 5.41) is 2.85. The number of nitrogens with one attached hydrogen (secondary N) is 1. The molecule has 0 radical (unpaired) electrons. The third-order valence-corrected chi connectivity index (χ3v) is 3.48. The highest BCUT2D eigenvalue weighted by molar-refractivity contribution is 5.91. The van der Waals surface area contributed by atoms with E-state index >= 15 is 0 Å². The predicted octanol–water partition coefficient (Wildman–Crippen LogP) is 3.25. The summed E-state index contributed by atoms with van der Waals surface area (Å²) in [4.78, 5) is 16.1. The smallest absolute Gasteiger partial charge is 0.244 e. The van der Waals surface area contributed by atoms with E-state index in [-0.39, 0.29) is 5.91 Å². The first-order valence-corrected chi connectivity index (χ1v) is 8.39. The molecule has 0 aliphatic rings. The van der Waals surface area contributed by atoms with Crippen LogP contribution in [0.4, 0.5) is 0 Å². The lowest BCUT2D eigenvalue weighted by Crippen LogP contribution is -2.23. The fourth-order valence-corrected chi connectivity index (χ4v) is 2.21. The first-order valence-electron chi connectivity index (χ1n) is 8.39. The highest BCUT2D eigenvalue weighted by Gasteiger charge is 2.04. The van der Waals surface area contributed by atoms with Gasteiger partial charge in [-0.05, 0) is 42.3 Å². The molecule has 0 fully saturated rings. The summed E-state index contributed by atoms with van der Waals surface area (Å²) >= 11 is 0. The lowest BCUT2D eigenvalue weighted by atomic mass is 10.2. The molecule has 5 heteroatoms. The number of aromatic nitrogens is 1. The van der Waals surface area contributed by atoms with Gasteiger partial charge in [0.05, 0.1) is 13.7 Å². The highest BCUT2D eigenvalue weighted by atomic mass is 16.5. The van der Waals surface area contributed by atoms with Crippen LogP contribution in [0.3, 0.4) is 0 Å². The van der Waals surface area contributed by atoms with Crippen LogP contribution in [0.15, 0.2) is 48.7 Å². The Morgan fingerprint density at radius 1 is 1.24 bits per heavy atom. The van der Waals surface area contributed by atoms with E-state index in [1.807, 2.05) is 36.4 Å². The first-order chi connectivity index (χ1) is 12.2. The van der Waals surface area contributed by atoms with E-state index < -0.39 is 0 Å². The van der Waals surface area contributed by atoms with Crippen molar-refractivity contribution in [3.63, 3.8) is 0 Å². The number of carbonyl (C=O) groups excluding carboxylic acids is 1. The molecule has 0 atom stereocenters. The molecule has 1 aromatic heterocycles. The molecule has 1 heterocycles. The van der Waals surface area contributed by atoms with Crippen molar-refractivity contribution in [2.45, 2.75) is 19.8 Å². The van der Waals surface area contributed by atoms with E-state index in [0.29, 0.717) is 31.1 Å². The lowest BCUT2D eigenvalue weighted by molar-refractivity contribution is -0.116. The average Bonchev–Trinajstić information content (AvgIpc) is 2.65. The molecule has 132 valence electrons. The minimum atomic E-state index is -0.138. The van der Waals surface area contributed by atoms with Crippen LogP contribution in [-0.2, 0) is 11.2 Å². The van der Waals surface area contributed by atoms with Crippen molar-refractivity contribution in [3.8, 4) is 11.5 Å². The summed E-state index contributed by atoms with van der Waals surface area (Å²) in [6.07, 6.45) is 6.65. The van der Waals surface area contributed by atoms with E-state index in [1.165, 1.54) is 6.08 Å². The van der Waals surface area contributed by atoms with Crippen molar-refractivity contribution >= 4 is 12.0 Å². The standard InChI is InChI=1S/C20H24N2O3/c1-3-14-25-18-9-7-16(15-19(18)24-2)8-10-20(23)22-13-11-17-6-4-5-12-21-17/h4-10,12,15H,3,11,13-14H2,1-2H3,(H,22,23)/b10-8+. The molecule has 1 N–H and O–H groups in total. The SMILES string of the molecule is CCCOc1ccc(/C=C/C(=O)NCCc2ccccn2)cc1OC. The molecule has 0 aliphatic heterocycles. The second kappa shape index (κ2) is 10.1. The Morgan fingerprint density at radius 3 is 2.84 bits per heavy atom. The Balaban J connectivity index is 1.86. The largest absolute Gasteiger partial charge is 0.493 e. The van der Waals surface area contributed by atoms with Gasteiger partial charge in [0.2, 0.25) is 5.91 Å². The van der Waals surface area contributed by atoms with Crippen LogP contribution < -0.4 is 14.8 Å². The minimum absolute atomic E-state index is 0.138. The summed E-state index contributed by atoms with van der Waals surface area (Å²) in [5.74, 6) is 1.23. The fourth-order valence-electron chi connectivity index (χ4n) is 2.21. The quantitative estimate of drug-likeness (QED) is 0.712. The Bertz CT molecular complexity index is 699. The summed E-state index contributed by atoms with van der Waals surface area (Å²) in [6, 6.07) is 11.3. The second-order valence-corrected chi connectivity index (χ2v) is 5.45. The molecule has 0 saturated carbocycles. The molecule has 0 bridgehead atoms. The van der Waals surface area contributed by atoms with Crippen LogP contribution in [0.1, 0.15) is 24.6 Å². The van der Waals surface area contributed by atoms with Gasteiger partial charge in [0.1, 0.15) is 0 Å². The molecule has 0 spiro atoms. The molecule has 5 nitrogen and oxygen atoms in total. The van der Waals surface area contributed by atoms with E-state index in [4.69, 9.17) is 9.47 Å². The molecule has 25 heavy (non-hydrogen) atoms. The van der Waals surface area contributed by atoms with Crippen molar-refractivity contribution < 1.29 is 14.3 Å². The molecule has 2 rings (SSSR count). The number of pyridine rings is 1. The number of nitrogens with zero attached hydrogens (tertiary/aromatic N) is 1. The number of hydrogen-bond acceptors (Lipinski definition) is 4. The monoisotopic (exact) mass is 340 g/mol. The van der Waals surface area contributed by atoms with Gasteiger partial charge in [-0.2, -0.15) is 0 Å². The number of carbonyl (C=O) groups is 1. The van der Waals surface area contributed by atoms with Gasteiger partial charge in [-0.25, -0.2) is 0 Å². The summed E-state index contributed by atoms with van der Waals surface area (Å²) in [5.41, 5.74) is 1.83. The summed E-state index contributed by atoms with van der Waals surface area (Å²) < 4.78 is 11.0. The zero-order valence-corrected chi connectivity index (χ0v) is 14.7. The van der Waals surface area contributed by atoms with Gasteiger partial charge < -0.3 is 14.8 Å². The fraction of sp³-hybridized carbons (Fsp3) is 0.300. The zero-order chi connectivity index (χ0) is 17.9. The maximum Gasteiger partial charge on any atom is 0.244 e. The Labute approximate surface area is 148 Å². The van der Waals surface area contributed by atoms with Crippen molar-refractivity contribution in [3.05, 3.63) is 59.9 Å². The Kier molecular flexibility index (Phi) is 7.50. The lowest BCUT2D eigenvalue weighted by Gasteiger charge is -2.10. The van der Waals surface area contributed by atoms with Gasteiger partial charge in [0.25, 0.3) is 0 Å². The van der Waals surface area contributed by atoms with Gasteiger partial charge in [0.15, 0.2) is 11.5 Å². The number of ether oxygens (including phenoxy) is 2. The van der Waals surface area contributed by atoms with E-state index in [2.05, 4.69) is 17.2 Å². The maximum atomic E-state index is 11.9. The number of methoxy groups -OCH3 is 1. The van der Waals surface area contributed by atoms with Gasteiger partial charge in [-0.1, -0.05) is 19.1 Å². The topological polar surface area (TPSA) is 60.5 Å². The minimum Gasteiger partial charge on any atom is -0.493 e. The number of benzene rings is 1. The second-order valence-electron chi connectivity index (χ2n) is 5.45. The van der Waals surface area contributed by atoms with Crippen molar-refractivity contribution in [2.75, 3.05) is 20.3 Å². The Morgan fingerprint density at radius 2 is 2.12 bits per heavy atom. The molecular formula is C20H24N2O3. The van der Waals surface area contributed by atoms with E-state index in [0.717, 1.165) is 17.7 Å². The number of rotatable bonds is 9. The van der Waals surface area contributed by atoms with Crippen LogP contribution in [-0.4, -0.2) is 31.2 Å². The van der Waals surface area contributed by atoms with Gasteiger partial charge in [-0.15, -0.1) is 0 Å². The van der Waals surface area contributed by atoms with Crippen molar-refractivity contribution in [1.29, 1.82) is 0 Å². The van der Waals surface area contributed by atoms with Crippen molar-refractivity contribution in [1.82, 2.24) is 10.3 Å². The third-order valence-electron chi connectivity index (χ3n) is 3.48. The zero-order valence-electron chi connectivity index (χ0n) is 14.7. The molecular weight excluding hydrogens is 316 g/mol. The van der Waals surface area contributed by atoms with Crippen molar-refractivity contribution in [2.24, 2.45) is 0 Å². The molecule has 1 aromatic carbocycles. The number of amides is 1. The van der Waals surface area contributed by atoms with Crippen LogP contribution >= 0.6 is 0 Å². The molecule has 0 saturated heterocycles. The molecule has 0 aliphatic carbocycles. The van der Waals surface area contributed by atoms with Crippen LogP contribution in [0, 0.1) is 0 Å². The highest BCUT2D eigenvalue weighted by Crippen LogP contribution is 2.28. The maximum absolute atomic E-state index is 11.9. The third kappa shape index (κ3) is 6.30. The van der Waals surface area contributed by atoms with Crippen LogP contribution in [0.2, 0.25) is 0 Å². The van der Waals surface area contributed by atoms with Gasteiger partial charge in [0, 0.05) is 30.9 Å². The van der Waals surface area contributed by atoms with Gasteiger partial charge >= 0.3 is 0 Å². The van der Waals surface area contributed by atoms with Crippen LogP contribution in [0.5, 0.6) is 11.5 Å². The molecule has 2 aromatic rings. The number of hydrogen-bond donors (Lipinski definition) is 1. The summed E-state index contributed by atoms with van der Waals surface area (Å²) in [7, 11) is 1.60. The summed E-state index contributed by atoms with van der Waals surface area (Å²) in [6.45, 7) is 3.24. The average molecular weight is 340 g/mol. The van der Waals surface area contributed by atoms with Gasteiger partial charge in [-0.3, -0.25) is 9.78 Å². The normalized spacial score (nSPS) is 10.6. The first kappa shape index (κ1) is 18.5. The predicted molar refractivity (Wildman–Crippen MR) is 98.8 cm³/mol. The van der Waals surface area contributed by atoms with E-state index in [1.54, 1.807) is 19.4 Å². The van der Waals surface area contributed by atoms with E-state index in [9.17, 15) is 4.79 Å². The Hall–Kier alpha value is -2.82. The molecule has 1 amide bonds.